The van der Waals surface area contributed by atoms with Crippen LogP contribution in [0.4, 0.5) is 5.69 Å². The van der Waals surface area contributed by atoms with Crippen LogP contribution >= 0.6 is 28.6 Å². The van der Waals surface area contributed by atoms with Crippen LogP contribution in [0.3, 0.4) is 0 Å². The second-order valence-electron chi connectivity index (χ2n) is 2.91. The van der Waals surface area contributed by atoms with E-state index < -0.39 is 4.92 Å². The molecule has 1 atom stereocenters. The molecule has 0 aliphatic rings. The van der Waals surface area contributed by atoms with Crippen LogP contribution in [0, 0.1) is 10.1 Å². The number of carbonyl (C=O) groups is 1. The molecule has 0 amide bonds. The minimum absolute atomic E-state index is 0.110. The van der Waals surface area contributed by atoms with Gasteiger partial charge in [-0.25, -0.2) is 0 Å². The number of nitrogens with zero attached hydrogens (tertiary/aromatic N) is 1. The van der Waals surface area contributed by atoms with Crippen LogP contribution in [0.15, 0.2) is 23.1 Å². The van der Waals surface area contributed by atoms with Crippen molar-refractivity contribution in [3.63, 3.8) is 0 Å². The molecule has 0 spiro atoms. The van der Waals surface area contributed by atoms with Crippen LogP contribution < -0.4 is 0 Å². The van der Waals surface area contributed by atoms with Crippen molar-refractivity contribution in [1.82, 2.24) is 0 Å². The van der Waals surface area contributed by atoms with E-state index in [9.17, 15) is 14.9 Å². The fourth-order valence-corrected chi connectivity index (χ4v) is 1.68. The summed E-state index contributed by atoms with van der Waals surface area (Å²) in [5, 5.41) is 10.6. The molecule has 1 unspecified atom stereocenters. The van der Waals surface area contributed by atoms with E-state index in [0.717, 1.165) is 0 Å². The summed E-state index contributed by atoms with van der Waals surface area (Å²) in [6.45, 7) is 1.66. The number of carbonyl (C=O) groups excluding carboxylic acids is 1. The van der Waals surface area contributed by atoms with Crippen LogP contribution in [0.25, 0.3) is 0 Å². The quantitative estimate of drug-likeness (QED) is 0.306. The third-order valence-electron chi connectivity index (χ3n) is 1.84. The molecule has 1 rings (SSSR count). The molecule has 4 nitrogen and oxygen atoms in total. The lowest BCUT2D eigenvalue weighted by molar-refractivity contribution is -0.387. The molecule has 15 heavy (non-hydrogen) atoms. The fourth-order valence-electron chi connectivity index (χ4n) is 1.09. The Balaban J connectivity index is 3.27. The first-order chi connectivity index (χ1) is 6.95. The Kier molecular flexibility index (Phi) is 3.87. The van der Waals surface area contributed by atoms with Crippen LogP contribution in [0.2, 0.25) is 0 Å². The molecule has 1 aromatic rings. The maximum atomic E-state index is 11.6. The first-order valence-corrected chi connectivity index (χ1v) is 5.46. The Morgan fingerprint density at radius 2 is 2.20 bits per heavy atom. The van der Waals surface area contributed by atoms with Crippen LogP contribution in [-0.4, -0.2) is 15.5 Å². The SMILES string of the molecule is CC(Br)C(=O)c1cccc([N+](=O)[O-])c1S. The highest BCUT2D eigenvalue weighted by Crippen LogP contribution is 2.27. The summed E-state index contributed by atoms with van der Waals surface area (Å²) in [5.74, 6) is -0.219. The van der Waals surface area contributed by atoms with Crippen molar-refractivity contribution < 1.29 is 9.72 Å². The number of hydrogen-bond acceptors (Lipinski definition) is 4. The number of halogens is 1. The van der Waals surface area contributed by atoms with E-state index in [-0.39, 0.29) is 26.8 Å². The molecule has 0 saturated carbocycles. The first kappa shape index (κ1) is 12.2. The van der Waals surface area contributed by atoms with Crippen molar-refractivity contribution in [2.75, 3.05) is 0 Å². The van der Waals surface area contributed by atoms with Gasteiger partial charge in [-0.1, -0.05) is 22.0 Å². The molecule has 1 aromatic carbocycles. The maximum absolute atomic E-state index is 11.6. The van der Waals surface area contributed by atoms with E-state index in [2.05, 4.69) is 28.6 Å². The van der Waals surface area contributed by atoms with Gasteiger partial charge in [-0.2, -0.15) is 0 Å². The number of rotatable bonds is 3. The van der Waals surface area contributed by atoms with Gasteiger partial charge in [0.1, 0.15) is 0 Å². The van der Waals surface area contributed by atoms with Gasteiger partial charge in [-0.3, -0.25) is 14.9 Å². The van der Waals surface area contributed by atoms with Crippen LogP contribution in [0.1, 0.15) is 17.3 Å². The summed E-state index contributed by atoms with van der Waals surface area (Å²) in [6.07, 6.45) is 0. The average Bonchev–Trinajstić information content (AvgIpc) is 2.16. The molecule has 80 valence electrons. The van der Waals surface area contributed by atoms with Crippen molar-refractivity contribution in [2.45, 2.75) is 16.6 Å². The Morgan fingerprint density at radius 3 is 2.67 bits per heavy atom. The van der Waals surface area contributed by atoms with Gasteiger partial charge >= 0.3 is 0 Å². The predicted molar refractivity (Wildman–Crippen MR) is 63.1 cm³/mol. The van der Waals surface area contributed by atoms with Gasteiger partial charge in [-0.15, -0.1) is 12.6 Å². The molecule has 0 aliphatic heterocycles. The number of benzene rings is 1. The summed E-state index contributed by atoms with van der Waals surface area (Å²) in [6, 6.07) is 4.31. The van der Waals surface area contributed by atoms with Gasteiger partial charge in [0.05, 0.1) is 14.6 Å². The Labute approximate surface area is 100 Å². The standard InChI is InChI=1S/C9H8BrNO3S/c1-5(10)8(12)6-3-2-4-7(9(6)15)11(13)14/h2-5,15H,1H3. The minimum atomic E-state index is -0.558. The predicted octanol–water partition coefficient (Wildman–Crippen LogP) is 2.85. The highest BCUT2D eigenvalue weighted by molar-refractivity contribution is 9.10. The lowest BCUT2D eigenvalue weighted by Gasteiger charge is -2.05. The van der Waals surface area contributed by atoms with E-state index in [0.29, 0.717) is 0 Å². The summed E-state index contributed by atoms with van der Waals surface area (Å²) >= 11 is 7.12. The Morgan fingerprint density at radius 1 is 1.60 bits per heavy atom. The molecule has 0 bridgehead atoms. The monoisotopic (exact) mass is 289 g/mol. The van der Waals surface area contributed by atoms with Gasteiger partial charge in [0.2, 0.25) is 0 Å². The summed E-state index contributed by atoms with van der Waals surface area (Å²) in [7, 11) is 0. The summed E-state index contributed by atoms with van der Waals surface area (Å²) in [5.41, 5.74) is 0.106. The van der Waals surface area contributed by atoms with Gasteiger partial charge in [0.15, 0.2) is 5.78 Å². The van der Waals surface area contributed by atoms with Gasteiger partial charge in [-0.05, 0) is 13.0 Å². The largest absolute Gasteiger partial charge is 0.293 e. The van der Waals surface area contributed by atoms with Gasteiger partial charge in [0.25, 0.3) is 5.69 Å². The Hall–Kier alpha value is -0.880. The maximum Gasteiger partial charge on any atom is 0.283 e. The zero-order valence-electron chi connectivity index (χ0n) is 7.81. The van der Waals surface area contributed by atoms with Crippen molar-refractivity contribution >= 4 is 40.0 Å². The second kappa shape index (κ2) is 4.76. The zero-order valence-corrected chi connectivity index (χ0v) is 10.3. The highest BCUT2D eigenvalue weighted by Gasteiger charge is 2.20. The molecule has 0 aliphatic carbocycles. The molecule has 0 aromatic heterocycles. The number of hydrogen-bond donors (Lipinski definition) is 1. The molecule has 0 heterocycles. The second-order valence-corrected chi connectivity index (χ2v) is 4.73. The van der Waals surface area contributed by atoms with Crippen LogP contribution in [0.5, 0.6) is 0 Å². The number of Topliss-reactive ketones (excluding diaryl/α,β-unsaturated/α-hetero) is 1. The number of ketones is 1. The van der Waals surface area contributed by atoms with Crippen LogP contribution in [-0.2, 0) is 0 Å². The number of thiol groups is 1. The normalized spacial score (nSPS) is 12.2. The zero-order chi connectivity index (χ0) is 11.6. The molecule has 0 N–H and O–H groups in total. The van der Waals surface area contributed by atoms with E-state index >= 15 is 0 Å². The minimum Gasteiger partial charge on any atom is -0.293 e. The van der Waals surface area contributed by atoms with Crippen molar-refractivity contribution in [2.24, 2.45) is 0 Å². The number of alkyl halides is 1. The van der Waals surface area contributed by atoms with E-state index in [1.807, 2.05) is 0 Å². The fraction of sp³-hybridized carbons (Fsp3) is 0.222. The first-order valence-electron chi connectivity index (χ1n) is 4.09. The van der Waals surface area contributed by atoms with E-state index in [4.69, 9.17) is 0 Å². The topological polar surface area (TPSA) is 60.2 Å². The average molecular weight is 290 g/mol. The Bertz CT molecular complexity index is 420. The molecule has 0 fully saturated rings. The molecular formula is C9H8BrNO3S. The van der Waals surface area contributed by atoms with Crippen molar-refractivity contribution in [3.05, 3.63) is 33.9 Å². The molecule has 0 saturated heterocycles. The van der Waals surface area contributed by atoms with Crippen molar-refractivity contribution in [1.29, 1.82) is 0 Å². The molecular weight excluding hydrogens is 282 g/mol. The summed E-state index contributed by atoms with van der Waals surface area (Å²) in [4.78, 5) is 21.4. The molecule has 0 radical (unpaired) electrons. The van der Waals surface area contributed by atoms with E-state index in [1.54, 1.807) is 6.92 Å². The van der Waals surface area contributed by atoms with Gasteiger partial charge < -0.3 is 0 Å². The molecule has 6 heteroatoms. The third-order valence-corrected chi connectivity index (χ3v) is 2.72. The van der Waals surface area contributed by atoms with E-state index in [1.165, 1.54) is 18.2 Å². The lowest BCUT2D eigenvalue weighted by Crippen LogP contribution is -2.11. The van der Waals surface area contributed by atoms with Gasteiger partial charge in [0, 0.05) is 11.6 Å². The summed E-state index contributed by atoms with van der Waals surface area (Å²) < 4.78 is 0. The third kappa shape index (κ3) is 2.57. The van der Waals surface area contributed by atoms with Crippen molar-refractivity contribution in [3.8, 4) is 0 Å². The number of nitro benzene ring substituents is 1. The smallest absolute Gasteiger partial charge is 0.283 e. The lowest BCUT2D eigenvalue weighted by atomic mass is 10.1. The number of nitro groups is 1. The highest BCUT2D eigenvalue weighted by atomic mass is 79.9.